The van der Waals surface area contributed by atoms with Gasteiger partial charge in [-0.25, -0.2) is 0 Å². The van der Waals surface area contributed by atoms with Crippen molar-refractivity contribution in [3.8, 4) is 0 Å². The van der Waals surface area contributed by atoms with E-state index in [1.165, 1.54) is 4.88 Å². The van der Waals surface area contributed by atoms with E-state index in [0.717, 1.165) is 19.4 Å². The second-order valence-corrected chi connectivity index (χ2v) is 5.21. The molecule has 0 bridgehead atoms. The van der Waals surface area contributed by atoms with E-state index < -0.39 is 0 Å². The van der Waals surface area contributed by atoms with Gasteiger partial charge in [-0.3, -0.25) is 10.1 Å². The monoisotopic (exact) mass is 222 g/mol. The van der Waals surface area contributed by atoms with Crippen LogP contribution in [0.4, 0.5) is 0 Å². The smallest absolute Gasteiger partial charge is 0.244 e. The second-order valence-electron chi connectivity index (χ2n) is 4.24. The number of amides is 1. The fourth-order valence-corrected chi connectivity index (χ4v) is 3.06. The lowest BCUT2D eigenvalue weighted by atomic mass is 10.3. The maximum atomic E-state index is 12.1. The Labute approximate surface area is 93.1 Å². The number of nitrogens with zero attached hydrogens (tertiary/aromatic N) is 1. The molecule has 80 valence electrons. The fraction of sp³-hybridized carbons (Fsp3) is 0.545. The predicted molar refractivity (Wildman–Crippen MR) is 59.5 cm³/mol. The van der Waals surface area contributed by atoms with E-state index in [2.05, 4.69) is 16.8 Å². The topological polar surface area (TPSA) is 32.3 Å². The minimum Gasteiger partial charge on any atom is -0.321 e. The molecule has 4 heteroatoms. The normalized spacial score (nSPS) is 27.7. The van der Waals surface area contributed by atoms with E-state index in [1.54, 1.807) is 11.3 Å². The number of hydrogen-bond acceptors (Lipinski definition) is 3. The Morgan fingerprint density at radius 1 is 1.67 bits per heavy atom. The molecule has 0 radical (unpaired) electrons. The number of carbonyl (C=O) groups is 1. The SMILES string of the molecule is CCN1C(=O)C2(CC2)NC1c1cccs1. The molecule has 1 aliphatic carbocycles. The van der Waals surface area contributed by atoms with Crippen molar-refractivity contribution >= 4 is 17.2 Å². The molecule has 1 saturated heterocycles. The number of nitrogens with one attached hydrogen (secondary N) is 1. The predicted octanol–water partition coefficient (Wildman–Crippen LogP) is 1.73. The Bertz CT molecular complexity index is 383. The maximum Gasteiger partial charge on any atom is 0.244 e. The third kappa shape index (κ3) is 1.25. The lowest BCUT2D eigenvalue weighted by Gasteiger charge is -2.21. The van der Waals surface area contributed by atoms with Crippen LogP contribution >= 0.6 is 11.3 Å². The minimum absolute atomic E-state index is 0.116. The van der Waals surface area contributed by atoms with Crippen LogP contribution in [0.1, 0.15) is 30.8 Å². The summed E-state index contributed by atoms with van der Waals surface area (Å²) in [6.45, 7) is 2.83. The molecule has 1 aromatic rings. The zero-order valence-electron chi connectivity index (χ0n) is 8.69. The summed E-state index contributed by atoms with van der Waals surface area (Å²) < 4.78 is 0. The number of rotatable bonds is 2. The quantitative estimate of drug-likeness (QED) is 0.826. The van der Waals surface area contributed by atoms with Gasteiger partial charge in [0.1, 0.15) is 11.7 Å². The molecular weight excluding hydrogens is 208 g/mol. The molecule has 1 aliphatic heterocycles. The van der Waals surface area contributed by atoms with Gasteiger partial charge < -0.3 is 4.90 Å². The van der Waals surface area contributed by atoms with E-state index >= 15 is 0 Å². The van der Waals surface area contributed by atoms with Crippen molar-refractivity contribution in [2.75, 3.05) is 6.54 Å². The fourth-order valence-electron chi connectivity index (χ4n) is 2.27. The molecule has 0 aromatic carbocycles. The highest BCUT2D eigenvalue weighted by molar-refractivity contribution is 7.10. The average molecular weight is 222 g/mol. The summed E-state index contributed by atoms with van der Waals surface area (Å²) >= 11 is 1.71. The Balaban J connectivity index is 1.93. The molecule has 2 fully saturated rings. The molecule has 15 heavy (non-hydrogen) atoms. The van der Waals surface area contributed by atoms with Crippen molar-refractivity contribution in [2.45, 2.75) is 31.5 Å². The summed E-state index contributed by atoms with van der Waals surface area (Å²) in [7, 11) is 0. The van der Waals surface area contributed by atoms with E-state index in [9.17, 15) is 4.79 Å². The van der Waals surface area contributed by atoms with Gasteiger partial charge in [0.25, 0.3) is 0 Å². The van der Waals surface area contributed by atoms with Crippen LogP contribution in [0.2, 0.25) is 0 Å². The molecule has 1 N–H and O–H groups in total. The lowest BCUT2D eigenvalue weighted by molar-refractivity contribution is -0.130. The third-order valence-corrected chi connectivity index (χ3v) is 4.22. The number of carbonyl (C=O) groups excluding carboxylic acids is 1. The van der Waals surface area contributed by atoms with Gasteiger partial charge >= 0.3 is 0 Å². The van der Waals surface area contributed by atoms with Crippen molar-refractivity contribution in [3.63, 3.8) is 0 Å². The van der Waals surface area contributed by atoms with Crippen LogP contribution in [0.15, 0.2) is 17.5 Å². The first-order chi connectivity index (χ1) is 7.27. The van der Waals surface area contributed by atoms with Crippen molar-refractivity contribution in [3.05, 3.63) is 22.4 Å². The van der Waals surface area contributed by atoms with Crippen LogP contribution < -0.4 is 5.32 Å². The summed E-state index contributed by atoms with van der Waals surface area (Å²) in [6.07, 6.45) is 2.12. The van der Waals surface area contributed by atoms with Gasteiger partial charge in [0.15, 0.2) is 0 Å². The van der Waals surface area contributed by atoms with Crippen LogP contribution in [0.5, 0.6) is 0 Å². The Kier molecular flexibility index (Phi) is 1.91. The molecule has 3 nitrogen and oxygen atoms in total. The molecule has 1 aromatic heterocycles. The minimum atomic E-state index is -0.190. The zero-order valence-corrected chi connectivity index (χ0v) is 9.51. The third-order valence-electron chi connectivity index (χ3n) is 3.30. The van der Waals surface area contributed by atoms with Crippen LogP contribution in [0.25, 0.3) is 0 Å². The van der Waals surface area contributed by atoms with Crippen molar-refractivity contribution < 1.29 is 4.79 Å². The van der Waals surface area contributed by atoms with E-state index in [-0.39, 0.29) is 11.7 Å². The summed E-state index contributed by atoms with van der Waals surface area (Å²) in [5.41, 5.74) is -0.190. The molecule has 3 rings (SSSR count). The first-order valence-electron chi connectivity index (χ1n) is 5.39. The van der Waals surface area contributed by atoms with Gasteiger partial charge in [0, 0.05) is 11.4 Å². The highest BCUT2D eigenvalue weighted by atomic mass is 32.1. The number of thiophene rings is 1. The summed E-state index contributed by atoms with van der Waals surface area (Å²) in [6, 6.07) is 4.14. The Morgan fingerprint density at radius 3 is 3.00 bits per heavy atom. The van der Waals surface area contributed by atoms with Crippen LogP contribution in [-0.2, 0) is 4.79 Å². The van der Waals surface area contributed by atoms with E-state index in [4.69, 9.17) is 0 Å². The highest BCUT2D eigenvalue weighted by Crippen LogP contribution is 2.46. The van der Waals surface area contributed by atoms with Gasteiger partial charge in [-0.1, -0.05) is 6.07 Å². The number of likely N-dealkylation sites (N-methyl/N-ethyl adjacent to an activating group) is 1. The summed E-state index contributed by atoms with van der Waals surface area (Å²) in [5, 5.41) is 5.54. The van der Waals surface area contributed by atoms with Crippen molar-refractivity contribution in [2.24, 2.45) is 0 Å². The first-order valence-corrected chi connectivity index (χ1v) is 6.27. The molecule has 1 amide bonds. The lowest BCUT2D eigenvalue weighted by Crippen LogP contribution is -2.32. The molecular formula is C11H14N2OS. The van der Waals surface area contributed by atoms with Gasteiger partial charge in [-0.2, -0.15) is 0 Å². The molecule has 1 atom stereocenters. The first kappa shape index (κ1) is 9.36. The highest BCUT2D eigenvalue weighted by Gasteiger charge is 2.59. The molecule has 1 spiro atoms. The van der Waals surface area contributed by atoms with Crippen molar-refractivity contribution in [1.29, 1.82) is 0 Å². The van der Waals surface area contributed by atoms with Gasteiger partial charge in [-0.05, 0) is 31.2 Å². The van der Waals surface area contributed by atoms with E-state index in [0.29, 0.717) is 5.91 Å². The molecule has 1 saturated carbocycles. The van der Waals surface area contributed by atoms with Gasteiger partial charge in [0.05, 0.1) is 0 Å². The summed E-state index contributed by atoms with van der Waals surface area (Å²) in [4.78, 5) is 15.3. The molecule has 2 aliphatic rings. The van der Waals surface area contributed by atoms with Crippen LogP contribution in [0, 0.1) is 0 Å². The van der Waals surface area contributed by atoms with Gasteiger partial charge in [0.2, 0.25) is 5.91 Å². The largest absolute Gasteiger partial charge is 0.321 e. The summed E-state index contributed by atoms with van der Waals surface area (Å²) in [5.74, 6) is 0.295. The standard InChI is InChI=1S/C11H14N2OS/c1-2-13-9(8-4-3-7-15-8)12-11(5-6-11)10(13)14/h3-4,7,9,12H,2,5-6H2,1H3. The Hall–Kier alpha value is -0.870. The average Bonchev–Trinajstić information content (AvgIpc) is 2.74. The van der Waals surface area contributed by atoms with Crippen LogP contribution in [0.3, 0.4) is 0 Å². The maximum absolute atomic E-state index is 12.1. The van der Waals surface area contributed by atoms with Crippen molar-refractivity contribution in [1.82, 2.24) is 10.2 Å². The molecule has 1 unspecified atom stereocenters. The van der Waals surface area contributed by atoms with Crippen LogP contribution in [-0.4, -0.2) is 22.9 Å². The zero-order chi connectivity index (χ0) is 10.5. The Morgan fingerprint density at radius 2 is 2.47 bits per heavy atom. The number of hydrogen-bond donors (Lipinski definition) is 1. The van der Waals surface area contributed by atoms with Gasteiger partial charge in [-0.15, -0.1) is 11.3 Å². The second kappa shape index (κ2) is 3.06. The van der Waals surface area contributed by atoms with E-state index in [1.807, 2.05) is 17.9 Å². The molecule has 2 heterocycles.